The molecular weight excluding hydrogens is 344 g/mol. The lowest BCUT2D eigenvalue weighted by Gasteiger charge is -2.10. The van der Waals surface area contributed by atoms with Gasteiger partial charge in [0.15, 0.2) is 10.7 Å². The van der Waals surface area contributed by atoms with E-state index in [0.717, 1.165) is 11.4 Å². The molecule has 0 atom stereocenters. The van der Waals surface area contributed by atoms with Crippen molar-refractivity contribution < 1.29 is 23.8 Å². The number of benzene rings is 1. The maximum atomic E-state index is 11.8. The van der Waals surface area contributed by atoms with Crippen molar-refractivity contribution in [1.82, 2.24) is 5.32 Å². The molecule has 0 aliphatic carbocycles. The predicted molar refractivity (Wildman–Crippen MR) is 98.3 cm³/mol. The number of anilines is 1. The zero-order chi connectivity index (χ0) is 18.7. The van der Waals surface area contributed by atoms with Gasteiger partial charge in [-0.25, -0.2) is 9.59 Å². The Morgan fingerprint density at radius 2 is 1.56 bits per heavy atom. The van der Waals surface area contributed by atoms with E-state index in [0.29, 0.717) is 6.61 Å². The van der Waals surface area contributed by atoms with Crippen molar-refractivity contribution in [3.63, 3.8) is 0 Å². The van der Waals surface area contributed by atoms with Gasteiger partial charge in [0.25, 0.3) is 0 Å². The molecule has 2 N–H and O–H groups in total. The highest BCUT2D eigenvalue weighted by molar-refractivity contribution is 7.80. The van der Waals surface area contributed by atoms with Crippen LogP contribution in [0.2, 0.25) is 0 Å². The van der Waals surface area contributed by atoms with E-state index in [1.165, 1.54) is 6.20 Å². The highest BCUT2D eigenvalue weighted by Crippen LogP contribution is 2.15. The Hall–Kier alpha value is -2.61. The molecule has 0 spiro atoms. The molecule has 0 aliphatic heterocycles. The second-order valence-corrected chi connectivity index (χ2v) is 4.96. The predicted octanol–water partition coefficient (Wildman–Crippen LogP) is 2.38. The quantitative estimate of drug-likeness (QED) is 0.238. The highest BCUT2D eigenvalue weighted by Gasteiger charge is 2.21. The lowest BCUT2D eigenvalue weighted by molar-refractivity contribution is -0.146. The van der Waals surface area contributed by atoms with Crippen LogP contribution in [0.4, 0.5) is 5.69 Å². The van der Waals surface area contributed by atoms with E-state index in [1.807, 2.05) is 6.92 Å². The van der Waals surface area contributed by atoms with Crippen LogP contribution in [-0.4, -0.2) is 36.9 Å². The Labute approximate surface area is 152 Å². The normalized spacial score (nSPS) is 9.56. The molecule has 0 heterocycles. The fourth-order valence-corrected chi connectivity index (χ4v) is 1.90. The number of nitrogens with one attached hydrogen (secondary N) is 2. The van der Waals surface area contributed by atoms with Gasteiger partial charge in [-0.3, -0.25) is 0 Å². The summed E-state index contributed by atoms with van der Waals surface area (Å²) in [5.41, 5.74) is 0.461. The van der Waals surface area contributed by atoms with Crippen LogP contribution < -0.4 is 15.4 Å². The Bertz CT molecular complexity index is 608. The summed E-state index contributed by atoms with van der Waals surface area (Å²) in [6.07, 6.45) is 1.17. The first-order valence-corrected chi connectivity index (χ1v) is 8.27. The van der Waals surface area contributed by atoms with Crippen LogP contribution in [-0.2, 0) is 19.1 Å². The highest BCUT2D eigenvalue weighted by atomic mass is 32.1. The molecule has 136 valence electrons. The third kappa shape index (κ3) is 7.21. The summed E-state index contributed by atoms with van der Waals surface area (Å²) in [7, 11) is 0. The van der Waals surface area contributed by atoms with E-state index in [9.17, 15) is 9.59 Å². The van der Waals surface area contributed by atoms with E-state index < -0.39 is 11.9 Å². The van der Waals surface area contributed by atoms with Crippen LogP contribution >= 0.6 is 12.2 Å². The first-order valence-electron chi connectivity index (χ1n) is 7.86. The van der Waals surface area contributed by atoms with E-state index in [2.05, 4.69) is 10.6 Å². The number of hydrogen-bond acceptors (Lipinski definition) is 6. The maximum absolute atomic E-state index is 11.8. The molecule has 0 saturated heterocycles. The van der Waals surface area contributed by atoms with Crippen LogP contribution in [0, 0.1) is 0 Å². The first kappa shape index (κ1) is 20.4. The first-order chi connectivity index (χ1) is 12.0. The summed E-state index contributed by atoms with van der Waals surface area (Å²) in [4.78, 5) is 23.6. The molecule has 1 aromatic carbocycles. The van der Waals surface area contributed by atoms with Crippen LogP contribution in [0.5, 0.6) is 5.75 Å². The van der Waals surface area contributed by atoms with Crippen molar-refractivity contribution in [2.45, 2.75) is 20.8 Å². The van der Waals surface area contributed by atoms with E-state index in [-0.39, 0.29) is 23.9 Å². The van der Waals surface area contributed by atoms with Crippen molar-refractivity contribution >= 4 is 35.0 Å². The third-order valence-electron chi connectivity index (χ3n) is 2.76. The zero-order valence-corrected chi connectivity index (χ0v) is 15.3. The Morgan fingerprint density at radius 3 is 2.04 bits per heavy atom. The van der Waals surface area contributed by atoms with Gasteiger partial charge < -0.3 is 24.8 Å². The van der Waals surface area contributed by atoms with Gasteiger partial charge >= 0.3 is 11.9 Å². The summed E-state index contributed by atoms with van der Waals surface area (Å²) >= 11 is 5.14. The lowest BCUT2D eigenvalue weighted by Crippen LogP contribution is -2.27. The molecule has 0 amide bonds. The van der Waals surface area contributed by atoms with Gasteiger partial charge in [0.05, 0.1) is 19.8 Å². The minimum absolute atomic E-state index is 0.143. The molecule has 1 aromatic rings. The summed E-state index contributed by atoms with van der Waals surface area (Å²) in [5.74, 6) is -0.812. The average molecular weight is 366 g/mol. The molecule has 25 heavy (non-hydrogen) atoms. The second kappa shape index (κ2) is 11.0. The minimum Gasteiger partial charge on any atom is -0.494 e. The largest absolute Gasteiger partial charge is 0.494 e. The van der Waals surface area contributed by atoms with Crippen LogP contribution in [0.25, 0.3) is 0 Å². The zero-order valence-electron chi connectivity index (χ0n) is 14.5. The smallest absolute Gasteiger partial charge is 0.347 e. The van der Waals surface area contributed by atoms with Crippen molar-refractivity contribution in [2.24, 2.45) is 0 Å². The molecule has 0 saturated carbocycles. The molecule has 0 aromatic heterocycles. The number of carbonyl (C=O) groups is 2. The van der Waals surface area contributed by atoms with Gasteiger partial charge in [-0.1, -0.05) is 0 Å². The molecule has 0 aliphatic rings. The Balaban J connectivity index is 2.72. The van der Waals surface area contributed by atoms with E-state index in [1.54, 1.807) is 38.1 Å². The van der Waals surface area contributed by atoms with Gasteiger partial charge in [-0.15, -0.1) is 0 Å². The van der Waals surface area contributed by atoms with Gasteiger partial charge in [-0.05, 0) is 57.3 Å². The van der Waals surface area contributed by atoms with E-state index >= 15 is 0 Å². The number of carbonyl (C=O) groups excluding carboxylic acids is 2. The van der Waals surface area contributed by atoms with Crippen LogP contribution in [0.15, 0.2) is 36.0 Å². The fraction of sp³-hybridized carbons (Fsp3) is 0.353. The number of hydrogen-bond donors (Lipinski definition) is 2. The molecule has 1 rings (SSSR count). The molecule has 0 unspecified atom stereocenters. The molecular formula is C17H22N2O5S. The van der Waals surface area contributed by atoms with Crippen molar-refractivity contribution in [3.8, 4) is 5.75 Å². The standard InChI is InChI=1S/C17H22N2O5S/c1-4-22-13-9-7-12(8-10-13)19-17(25)18-11-14(15(20)23-5-2)16(21)24-6-3/h7-11H,4-6H2,1-3H3,(H2,18,19,25). The van der Waals surface area contributed by atoms with Crippen molar-refractivity contribution in [2.75, 3.05) is 25.1 Å². The topological polar surface area (TPSA) is 85.9 Å². The van der Waals surface area contributed by atoms with Crippen molar-refractivity contribution in [3.05, 3.63) is 36.0 Å². The van der Waals surface area contributed by atoms with Gasteiger partial charge in [-0.2, -0.15) is 0 Å². The van der Waals surface area contributed by atoms with Gasteiger partial charge in [0, 0.05) is 11.9 Å². The number of rotatable bonds is 8. The maximum Gasteiger partial charge on any atom is 0.347 e. The molecule has 0 fully saturated rings. The summed E-state index contributed by atoms with van der Waals surface area (Å²) in [6, 6.07) is 7.18. The SMILES string of the molecule is CCOC(=O)C(=CNC(=S)Nc1ccc(OCC)cc1)C(=O)OCC. The van der Waals surface area contributed by atoms with Gasteiger partial charge in [0.2, 0.25) is 0 Å². The van der Waals surface area contributed by atoms with Gasteiger partial charge in [0.1, 0.15) is 5.75 Å². The molecule has 0 bridgehead atoms. The molecule has 8 heteroatoms. The average Bonchev–Trinajstić information content (AvgIpc) is 2.57. The number of ether oxygens (including phenoxy) is 3. The Kier molecular flexibility index (Phi) is 9.02. The summed E-state index contributed by atoms with van der Waals surface area (Å²) in [6.45, 7) is 6.07. The monoisotopic (exact) mass is 366 g/mol. The second-order valence-electron chi connectivity index (χ2n) is 4.55. The molecule has 7 nitrogen and oxygen atoms in total. The number of esters is 2. The number of thiocarbonyl (C=S) groups is 1. The summed E-state index contributed by atoms with van der Waals surface area (Å²) in [5, 5.41) is 5.80. The lowest BCUT2D eigenvalue weighted by atomic mass is 10.3. The Morgan fingerprint density at radius 1 is 1.00 bits per heavy atom. The minimum atomic E-state index is -0.780. The van der Waals surface area contributed by atoms with Crippen LogP contribution in [0.1, 0.15) is 20.8 Å². The fourth-order valence-electron chi connectivity index (χ4n) is 1.72. The van der Waals surface area contributed by atoms with Crippen LogP contribution in [0.3, 0.4) is 0 Å². The summed E-state index contributed by atoms with van der Waals surface area (Å²) < 4.78 is 15.0. The van der Waals surface area contributed by atoms with Crippen molar-refractivity contribution in [1.29, 1.82) is 0 Å². The molecule has 0 radical (unpaired) electrons. The third-order valence-corrected chi connectivity index (χ3v) is 2.98. The van der Waals surface area contributed by atoms with E-state index in [4.69, 9.17) is 26.4 Å².